The zero-order chi connectivity index (χ0) is 28.1. The fourth-order valence-corrected chi connectivity index (χ4v) is 4.95. The molecule has 0 spiro atoms. The highest BCUT2D eigenvalue weighted by Crippen LogP contribution is 2.32. The number of H-pyrrole nitrogens is 1. The molecule has 2 aromatic heterocycles. The van der Waals surface area contributed by atoms with E-state index < -0.39 is 0 Å². The van der Waals surface area contributed by atoms with Gasteiger partial charge in [0.1, 0.15) is 17.4 Å². The number of aromatic nitrogens is 2. The Balaban J connectivity index is 1.39. The summed E-state index contributed by atoms with van der Waals surface area (Å²) < 4.78 is 5.51. The summed E-state index contributed by atoms with van der Waals surface area (Å²) in [5, 5.41) is 10.6. The van der Waals surface area contributed by atoms with Crippen molar-refractivity contribution < 1.29 is 9.53 Å². The molecule has 0 radical (unpaired) electrons. The van der Waals surface area contributed by atoms with Crippen LogP contribution in [0.2, 0.25) is 0 Å². The van der Waals surface area contributed by atoms with Gasteiger partial charge >= 0.3 is 0 Å². The number of pyridine rings is 2. The van der Waals surface area contributed by atoms with E-state index in [1.807, 2.05) is 24.3 Å². The second-order valence-corrected chi connectivity index (χ2v) is 9.88. The number of rotatable bonds is 9. The minimum Gasteiger partial charge on any atom is -0.495 e. The Morgan fingerprint density at radius 1 is 0.975 bits per heavy atom. The lowest BCUT2D eigenvalue weighted by molar-refractivity contribution is -0.114. The smallest absolute Gasteiger partial charge is 0.259 e. The van der Waals surface area contributed by atoms with E-state index in [0.717, 1.165) is 50.3 Å². The molecule has 2 aromatic carbocycles. The van der Waals surface area contributed by atoms with Gasteiger partial charge in [0.25, 0.3) is 5.56 Å². The number of anilines is 5. The normalized spacial score (nSPS) is 14.2. The van der Waals surface area contributed by atoms with Crippen LogP contribution in [-0.4, -0.2) is 65.5 Å². The molecule has 10 heteroatoms. The minimum atomic E-state index is -0.230. The van der Waals surface area contributed by atoms with E-state index in [9.17, 15) is 9.59 Å². The van der Waals surface area contributed by atoms with Crippen LogP contribution < -0.4 is 26.2 Å². The van der Waals surface area contributed by atoms with Gasteiger partial charge in [-0.05, 0) is 60.0 Å². The Morgan fingerprint density at radius 2 is 1.70 bits per heavy atom. The van der Waals surface area contributed by atoms with E-state index in [1.165, 1.54) is 12.5 Å². The van der Waals surface area contributed by atoms with Crippen molar-refractivity contribution in [3.63, 3.8) is 0 Å². The fourth-order valence-electron chi connectivity index (χ4n) is 4.95. The van der Waals surface area contributed by atoms with Crippen molar-refractivity contribution in [1.82, 2.24) is 19.8 Å². The van der Waals surface area contributed by atoms with Gasteiger partial charge in [-0.15, -0.1) is 0 Å². The van der Waals surface area contributed by atoms with Crippen LogP contribution in [0.25, 0.3) is 10.8 Å². The standard InChI is InChI=1S/C30H35N7O3/c1-4-36-13-15-37(16-14-36)19-21-5-7-23(8-6-21)33-29-28-22(11-12-31-30(28)39)17-27(35-29)34-25-18-24(32-20(2)38)9-10-26(25)40-3/h5-12,17-18H,4,13-16,19H2,1-3H3,(H,31,39)(H,32,38)(H2,33,34,35). The maximum atomic E-state index is 12.8. The number of carbonyl (C=O) groups is 1. The van der Waals surface area contributed by atoms with Crippen LogP contribution >= 0.6 is 0 Å². The quantitative estimate of drug-likeness (QED) is 0.245. The molecule has 40 heavy (non-hydrogen) atoms. The van der Waals surface area contributed by atoms with Crippen molar-refractivity contribution in [2.45, 2.75) is 20.4 Å². The van der Waals surface area contributed by atoms with Crippen LogP contribution in [0.3, 0.4) is 0 Å². The summed E-state index contributed by atoms with van der Waals surface area (Å²) in [5.41, 5.74) is 3.10. The van der Waals surface area contributed by atoms with Crippen LogP contribution in [0, 0.1) is 0 Å². The maximum absolute atomic E-state index is 12.8. The summed E-state index contributed by atoms with van der Waals surface area (Å²) >= 11 is 0. The first-order chi connectivity index (χ1) is 19.4. The summed E-state index contributed by atoms with van der Waals surface area (Å²) in [6.07, 6.45) is 1.62. The van der Waals surface area contributed by atoms with E-state index in [0.29, 0.717) is 34.1 Å². The van der Waals surface area contributed by atoms with Crippen LogP contribution in [0.1, 0.15) is 19.4 Å². The molecule has 10 nitrogen and oxygen atoms in total. The van der Waals surface area contributed by atoms with Gasteiger partial charge in [0.15, 0.2) is 0 Å². The molecular formula is C30H35N7O3. The number of hydrogen-bond acceptors (Lipinski definition) is 8. The molecule has 1 fully saturated rings. The average molecular weight is 542 g/mol. The lowest BCUT2D eigenvalue weighted by atomic mass is 10.1. The highest BCUT2D eigenvalue weighted by Gasteiger charge is 2.16. The largest absolute Gasteiger partial charge is 0.495 e. The Hall–Kier alpha value is -4.41. The minimum absolute atomic E-state index is 0.171. The second kappa shape index (κ2) is 12.2. The number of piperazine rings is 1. The van der Waals surface area contributed by atoms with Gasteiger partial charge in [0, 0.05) is 57.2 Å². The zero-order valence-corrected chi connectivity index (χ0v) is 23.1. The molecule has 5 rings (SSSR count). The van der Waals surface area contributed by atoms with Gasteiger partial charge < -0.3 is 30.6 Å². The lowest BCUT2D eigenvalue weighted by Gasteiger charge is -2.34. The third-order valence-corrected chi connectivity index (χ3v) is 7.07. The van der Waals surface area contributed by atoms with Crippen LogP contribution in [0.5, 0.6) is 5.75 Å². The van der Waals surface area contributed by atoms with E-state index >= 15 is 0 Å². The Bertz CT molecular complexity index is 1540. The highest BCUT2D eigenvalue weighted by molar-refractivity contribution is 5.95. The Morgan fingerprint density at radius 3 is 2.40 bits per heavy atom. The lowest BCUT2D eigenvalue weighted by Crippen LogP contribution is -2.45. The SMILES string of the molecule is CCN1CCN(Cc2ccc(Nc3nc(Nc4cc(NC(C)=O)ccc4OC)cc4cc[nH]c(=O)c34)cc2)CC1. The first-order valence-electron chi connectivity index (χ1n) is 13.5. The van der Waals surface area contributed by atoms with Crippen molar-refractivity contribution in [1.29, 1.82) is 0 Å². The van der Waals surface area contributed by atoms with Gasteiger partial charge in [-0.3, -0.25) is 14.5 Å². The number of nitrogens with zero attached hydrogens (tertiary/aromatic N) is 3. The van der Waals surface area contributed by atoms with Crippen LogP contribution in [0.4, 0.5) is 28.7 Å². The highest BCUT2D eigenvalue weighted by atomic mass is 16.5. The van der Waals surface area contributed by atoms with Crippen LogP contribution in [0.15, 0.2) is 65.6 Å². The number of aromatic amines is 1. The second-order valence-electron chi connectivity index (χ2n) is 9.88. The average Bonchev–Trinajstić information content (AvgIpc) is 2.94. The van der Waals surface area contributed by atoms with E-state index in [-0.39, 0.29) is 11.5 Å². The molecule has 1 aliphatic heterocycles. The van der Waals surface area contributed by atoms with E-state index in [2.05, 4.69) is 49.8 Å². The van der Waals surface area contributed by atoms with Gasteiger partial charge in [-0.1, -0.05) is 19.1 Å². The number of benzene rings is 2. The Kier molecular flexibility index (Phi) is 8.28. The Labute approximate surface area is 233 Å². The topological polar surface area (TPSA) is 115 Å². The van der Waals surface area contributed by atoms with Crippen LogP contribution in [-0.2, 0) is 11.3 Å². The number of hydrogen-bond donors (Lipinski definition) is 4. The van der Waals surface area contributed by atoms with Crippen molar-refractivity contribution in [2.75, 3.05) is 55.8 Å². The number of methoxy groups -OCH3 is 1. The molecule has 0 saturated carbocycles. The molecular weight excluding hydrogens is 506 g/mol. The zero-order valence-electron chi connectivity index (χ0n) is 23.1. The molecule has 0 bridgehead atoms. The molecule has 1 aliphatic rings. The number of ether oxygens (including phenoxy) is 1. The first-order valence-corrected chi connectivity index (χ1v) is 13.5. The first kappa shape index (κ1) is 27.2. The molecule has 4 N–H and O–H groups in total. The van der Waals surface area contributed by atoms with Crippen molar-refractivity contribution >= 4 is 45.4 Å². The summed E-state index contributed by atoms with van der Waals surface area (Å²) in [6, 6.07) is 17.2. The molecule has 0 aliphatic carbocycles. The monoisotopic (exact) mass is 541 g/mol. The van der Waals surface area contributed by atoms with Gasteiger partial charge in [0.05, 0.1) is 18.2 Å². The molecule has 0 atom stereocenters. The van der Waals surface area contributed by atoms with Crippen molar-refractivity contribution in [3.8, 4) is 5.75 Å². The molecule has 1 saturated heterocycles. The molecule has 208 valence electrons. The van der Waals surface area contributed by atoms with E-state index in [1.54, 1.807) is 31.5 Å². The number of fused-ring (bicyclic) bond motifs is 1. The summed E-state index contributed by atoms with van der Waals surface area (Å²) in [7, 11) is 1.58. The third-order valence-electron chi connectivity index (χ3n) is 7.07. The molecule has 3 heterocycles. The maximum Gasteiger partial charge on any atom is 0.259 e. The number of nitrogens with one attached hydrogen (secondary N) is 4. The predicted molar refractivity (Wildman–Crippen MR) is 160 cm³/mol. The predicted octanol–water partition coefficient (Wildman–Crippen LogP) is 4.51. The molecule has 0 unspecified atom stereocenters. The van der Waals surface area contributed by atoms with Gasteiger partial charge in [-0.2, -0.15) is 0 Å². The fraction of sp³-hybridized carbons (Fsp3) is 0.300. The molecule has 1 amide bonds. The number of likely N-dealkylation sites (N-methyl/N-ethyl adjacent to an activating group) is 1. The van der Waals surface area contributed by atoms with Gasteiger partial charge in [0.2, 0.25) is 5.91 Å². The number of amides is 1. The van der Waals surface area contributed by atoms with E-state index in [4.69, 9.17) is 9.72 Å². The van der Waals surface area contributed by atoms with Crippen molar-refractivity contribution in [3.05, 3.63) is 76.7 Å². The summed E-state index contributed by atoms with van der Waals surface area (Å²) in [4.78, 5) is 36.8. The number of carbonyl (C=O) groups excluding carboxylic acids is 1. The van der Waals surface area contributed by atoms with Crippen molar-refractivity contribution in [2.24, 2.45) is 0 Å². The van der Waals surface area contributed by atoms with Gasteiger partial charge in [-0.25, -0.2) is 4.98 Å². The summed E-state index contributed by atoms with van der Waals surface area (Å²) in [5.74, 6) is 1.36. The molecule has 4 aromatic rings. The summed E-state index contributed by atoms with van der Waals surface area (Å²) in [6.45, 7) is 10.0. The third kappa shape index (κ3) is 6.41.